The zero-order valence-corrected chi connectivity index (χ0v) is 10.2. The molecule has 17 heavy (non-hydrogen) atoms. The largest absolute Gasteiger partial charge is 0.330 e. The average Bonchev–Trinajstić information content (AvgIpc) is 2.36. The van der Waals surface area contributed by atoms with Gasteiger partial charge in [-0.3, -0.25) is 4.98 Å². The molecule has 3 heteroatoms. The number of nitrogens with zero attached hydrogens (tertiary/aromatic N) is 1. The average molecular weight is 229 g/mol. The molecule has 0 amide bonds. The molecule has 1 heterocycles. The Morgan fingerprint density at radius 1 is 1.29 bits per heavy atom. The van der Waals surface area contributed by atoms with Crippen LogP contribution in [0.25, 0.3) is 10.9 Å². The van der Waals surface area contributed by atoms with Gasteiger partial charge in [-0.1, -0.05) is 24.3 Å². The monoisotopic (exact) mass is 229 g/mol. The first-order chi connectivity index (χ1) is 8.31. The smallest absolute Gasteiger partial charge is 0.0746 e. The topological polar surface area (TPSA) is 50.9 Å². The van der Waals surface area contributed by atoms with E-state index in [-0.39, 0.29) is 0 Å². The molecule has 0 aliphatic carbocycles. The Morgan fingerprint density at radius 2 is 2.12 bits per heavy atom. The molecule has 0 saturated carbocycles. The zero-order valence-electron chi connectivity index (χ0n) is 10.2. The molecule has 0 aliphatic rings. The van der Waals surface area contributed by atoms with Crippen molar-refractivity contribution in [1.29, 1.82) is 0 Å². The Balaban J connectivity index is 2.13. The van der Waals surface area contributed by atoms with Crippen LogP contribution in [0.4, 0.5) is 0 Å². The number of hydrogen-bond acceptors (Lipinski definition) is 3. The van der Waals surface area contributed by atoms with Crippen molar-refractivity contribution in [3.8, 4) is 0 Å². The summed E-state index contributed by atoms with van der Waals surface area (Å²) < 4.78 is 0. The minimum absolute atomic E-state index is 0.443. The summed E-state index contributed by atoms with van der Waals surface area (Å²) in [7, 11) is 0. The molecule has 2 aromatic rings. The normalized spacial score (nSPS) is 12.8. The summed E-state index contributed by atoms with van der Waals surface area (Å²) >= 11 is 0. The van der Waals surface area contributed by atoms with Gasteiger partial charge in [-0.05, 0) is 31.5 Å². The number of rotatable bonds is 5. The lowest BCUT2D eigenvalue weighted by molar-refractivity contribution is 0.521. The maximum absolute atomic E-state index is 5.54. The molecule has 3 nitrogen and oxygen atoms in total. The van der Waals surface area contributed by atoms with Gasteiger partial charge in [0, 0.05) is 24.2 Å². The minimum atomic E-state index is 0.443. The molecule has 1 aromatic heterocycles. The predicted octanol–water partition coefficient (Wildman–Crippen LogP) is 2.06. The molecule has 0 spiro atoms. The maximum atomic E-state index is 5.54. The second-order valence-electron chi connectivity index (χ2n) is 4.35. The van der Waals surface area contributed by atoms with Crippen LogP contribution in [0, 0.1) is 0 Å². The van der Waals surface area contributed by atoms with Crippen LogP contribution in [0.5, 0.6) is 0 Å². The van der Waals surface area contributed by atoms with E-state index in [2.05, 4.69) is 41.5 Å². The molecule has 1 atom stereocenters. The first-order valence-electron chi connectivity index (χ1n) is 6.07. The van der Waals surface area contributed by atoms with Gasteiger partial charge in [0.05, 0.1) is 5.52 Å². The number of para-hydroxylation sites is 1. The Kier molecular flexibility index (Phi) is 4.07. The van der Waals surface area contributed by atoms with Crippen LogP contribution >= 0.6 is 0 Å². The van der Waals surface area contributed by atoms with Crippen LogP contribution in [-0.2, 0) is 6.54 Å². The van der Waals surface area contributed by atoms with Crippen molar-refractivity contribution >= 4 is 10.9 Å². The quantitative estimate of drug-likeness (QED) is 0.825. The highest BCUT2D eigenvalue weighted by Gasteiger charge is 2.03. The van der Waals surface area contributed by atoms with E-state index in [9.17, 15) is 0 Å². The first kappa shape index (κ1) is 12.0. The second kappa shape index (κ2) is 5.75. The molecule has 3 N–H and O–H groups in total. The molecule has 90 valence electrons. The number of hydrogen-bond donors (Lipinski definition) is 2. The van der Waals surface area contributed by atoms with Gasteiger partial charge in [0.15, 0.2) is 0 Å². The maximum Gasteiger partial charge on any atom is 0.0746 e. The van der Waals surface area contributed by atoms with Crippen molar-refractivity contribution < 1.29 is 0 Å². The van der Waals surface area contributed by atoms with Crippen LogP contribution in [0.3, 0.4) is 0 Å². The number of aromatic nitrogens is 1. The molecule has 2 rings (SSSR count). The first-order valence-corrected chi connectivity index (χ1v) is 6.07. The lowest BCUT2D eigenvalue weighted by atomic mass is 10.1. The van der Waals surface area contributed by atoms with Crippen LogP contribution < -0.4 is 11.1 Å². The summed E-state index contributed by atoms with van der Waals surface area (Å²) in [6.07, 6.45) is 2.84. The van der Waals surface area contributed by atoms with Gasteiger partial charge in [-0.2, -0.15) is 0 Å². The number of nitrogens with one attached hydrogen (secondary N) is 1. The Labute approximate surface area is 102 Å². The van der Waals surface area contributed by atoms with Crippen LogP contribution in [0.2, 0.25) is 0 Å². The Hall–Kier alpha value is -1.45. The summed E-state index contributed by atoms with van der Waals surface area (Å²) in [5.74, 6) is 0. The fourth-order valence-electron chi connectivity index (χ4n) is 1.95. The van der Waals surface area contributed by atoms with Gasteiger partial charge in [-0.25, -0.2) is 0 Å². The van der Waals surface area contributed by atoms with Gasteiger partial charge in [0.2, 0.25) is 0 Å². The van der Waals surface area contributed by atoms with Crippen LogP contribution in [0.15, 0.2) is 36.5 Å². The zero-order chi connectivity index (χ0) is 12.1. The fraction of sp³-hybridized carbons (Fsp3) is 0.357. The van der Waals surface area contributed by atoms with E-state index in [4.69, 9.17) is 5.73 Å². The van der Waals surface area contributed by atoms with Gasteiger partial charge < -0.3 is 11.1 Å². The van der Waals surface area contributed by atoms with Gasteiger partial charge in [0.1, 0.15) is 0 Å². The number of pyridine rings is 1. The lowest BCUT2D eigenvalue weighted by Gasteiger charge is -2.13. The molecule has 1 unspecified atom stereocenters. The van der Waals surface area contributed by atoms with Crippen molar-refractivity contribution in [3.63, 3.8) is 0 Å². The third-order valence-corrected chi connectivity index (χ3v) is 2.96. The van der Waals surface area contributed by atoms with E-state index in [1.54, 1.807) is 0 Å². The highest BCUT2D eigenvalue weighted by Crippen LogP contribution is 2.15. The van der Waals surface area contributed by atoms with Crippen molar-refractivity contribution in [2.24, 2.45) is 5.73 Å². The molecule has 1 aromatic carbocycles. The molecule has 0 aliphatic heterocycles. The van der Waals surface area contributed by atoms with Crippen molar-refractivity contribution in [3.05, 3.63) is 42.1 Å². The van der Waals surface area contributed by atoms with Gasteiger partial charge in [-0.15, -0.1) is 0 Å². The van der Waals surface area contributed by atoms with E-state index in [1.807, 2.05) is 12.3 Å². The Bertz CT molecular complexity index is 476. The standard InChI is InChI=1S/C14H19N3/c1-11(7-8-15)17-10-13-5-2-4-12-6-3-9-16-14(12)13/h2-6,9,11,17H,7-8,10,15H2,1H3. The van der Waals surface area contributed by atoms with Crippen molar-refractivity contribution in [2.75, 3.05) is 6.54 Å². The fourth-order valence-corrected chi connectivity index (χ4v) is 1.95. The van der Waals surface area contributed by atoms with Gasteiger partial charge in [0.25, 0.3) is 0 Å². The molecular formula is C14H19N3. The summed E-state index contributed by atoms with van der Waals surface area (Å²) in [6.45, 7) is 3.73. The molecule has 0 bridgehead atoms. The highest BCUT2D eigenvalue weighted by atomic mass is 14.9. The van der Waals surface area contributed by atoms with Crippen LogP contribution in [0.1, 0.15) is 18.9 Å². The molecule has 0 fully saturated rings. The molecule has 0 saturated heterocycles. The summed E-state index contributed by atoms with van der Waals surface area (Å²) in [5.41, 5.74) is 7.86. The third kappa shape index (κ3) is 3.02. The van der Waals surface area contributed by atoms with Crippen molar-refractivity contribution in [1.82, 2.24) is 10.3 Å². The third-order valence-electron chi connectivity index (χ3n) is 2.96. The van der Waals surface area contributed by atoms with E-state index in [0.717, 1.165) is 25.0 Å². The highest BCUT2D eigenvalue weighted by molar-refractivity contribution is 5.81. The molecule has 0 radical (unpaired) electrons. The van der Waals surface area contributed by atoms with Crippen LogP contribution in [-0.4, -0.2) is 17.6 Å². The van der Waals surface area contributed by atoms with E-state index in [1.165, 1.54) is 10.9 Å². The minimum Gasteiger partial charge on any atom is -0.330 e. The second-order valence-corrected chi connectivity index (χ2v) is 4.35. The SMILES string of the molecule is CC(CCN)NCc1cccc2cccnc12. The van der Waals surface area contributed by atoms with Crippen molar-refractivity contribution in [2.45, 2.75) is 25.9 Å². The van der Waals surface area contributed by atoms with Gasteiger partial charge >= 0.3 is 0 Å². The number of benzene rings is 1. The number of fused-ring (bicyclic) bond motifs is 1. The summed E-state index contributed by atoms with van der Waals surface area (Å²) in [6, 6.07) is 10.8. The van der Waals surface area contributed by atoms with E-state index >= 15 is 0 Å². The summed E-state index contributed by atoms with van der Waals surface area (Å²) in [4.78, 5) is 4.44. The Morgan fingerprint density at radius 3 is 2.94 bits per heavy atom. The number of nitrogens with two attached hydrogens (primary N) is 1. The summed E-state index contributed by atoms with van der Waals surface area (Å²) in [5, 5.41) is 4.66. The van der Waals surface area contributed by atoms with E-state index in [0.29, 0.717) is 6.04 Å². The molecular weight excluding hydrogens is 210 g/mol. The predicted molar refractivity (Wildman–Crippen MR) is 71.7 cm³/mol. The van der Waals surface area contributed by atoms with E-state index < -0.39 is 0 Å². The lowest BCUT2D eigenvalue weighted by Crippen LogP contribution is -2.27.